The van der Waals surface area contributed by atoms with Gasteiger partial charge in [0, 0.05) is 5.33 Å². The van der Waals surface area contributed by atoms with Gasteiger partial charge in [0.15, 0.2) is 0 Å². The lowest BCUT2D eigenvalue weighted by molar-refractivity contribution is -0.182. The zero-order valence-corrected chi connectivity index (χ0v) is 14.5. The van der Waals surface area contributed by atoms with Crippen molar-refractivity contribution in [2.45, 2.75) is 49.5 Å². The lowest BCUT2D eigenvalue weighted by Gasteiger charge is -2.31. The third-order valence-electron chi connectivity index (χ3n) is 4.63. The van der Waals surface area contributed by atoms with Crippen LogP contribution in [0.4, 0.5) is 13.2 Å². The molecular weight excluding hydrogens is 373 g/mol. The minimum atomic E-state index is -4.10. The minimum Gasteiger partial charge on any atom is -0.469 e. The summed E-state index contributed by atoms with van der Waals surface area (Å²) < 4.78 is 43.2. The van der Waals surface area contributed by atoms with Crippen LogP contribution in [0.1, 0.15) is 48.3 Å². The van der Waals surface area contributed by atoms with E-state index in [4.69, 9.17) is 4.74 Å². The van der Waals surface area contributed by atoms with E-state index in [1.165, 1.54) is 7.11 Å². The zero-order chi connectivity index (χ0) is 17.0. The maximum atomic E-state index is 12.8. The van der Waals surface area contributed by atoms with Gasteiger partial charge < -0.3 is 4.74 Å². The monoisotopic (exact) mass is 392 g/mol. The minimum absolute atomic E-state index is 0.0762. The van der Waals surface area contributed by atoms with Crippen LogP contribution in [-0.4, -0.2) is 19.3 Å². The molecule has 1 aromatic rings. The fourth-order valence-electron chi connectivity index (χ4n) is 3.33. The second-order valence-electron chi connectivity index (χ2n) is 5.96. The molecule has 0 heterocycles. The van der Waals surface area contributed by atoms with E-state index in [0.717, 1.165) is 16.7 Å². The smallest absolute Gasteiger partial charge is 0.391 e. The molecule has 0 saturated heterocycles. The topological polar surface area (TPSA) is 26.3 Å². The number of rotatable bonds is 4. The number of ether oxygens (including phenoxy) is 1. The first-order valence-electron chi connectivity index (χ1n) is 7.67. The Balaban J connectivity index is 2.21. The molecule has 1 saturated carbocycles. The van der Waals surface area contributed by atoms with Crippen molar-refractivity contribution in [2.24, 2.45) is 5.92 Å². The fourth-order valence-corrected chi connectivity index (χ4v) is 3.85. The summed E-state index contributed by atoms with van der Waals surface area (Å²) in [6.45, 7) is 0. The van der Waals surface area contributed by atoms with Crippen LogP contribution in [0.5, 0.6) is 0 Å². The Bertz CT molecular complexity index is 549. The van der Waals surface area contributed by atoms with Crippen molar-refractivity contribution in [3.05, 3.63) is 34.9 Å². The summed E-state index contributed by atoms with van der Waals surface area (Å²) in [5, 5.41) is 0.602. The second kappa shape index (κ2) is 7.69. The summed E-state index contributed by atoms with van der Waals surface area (Å²) in [6.07, 6.45) is -2.62. The highest BCUT2D eigenvalue weighted by molar-refractivity contribution is 9.08. The van der Waals surface area contributed by atoms with E-state index >= 15 is 0 Å². The Kier molecular flexibility index (Phi) is 6.12. The van der Waals surface area contributed by atoms with Crippen molar-refractivity contribution in [3.63, 3.8) is 0 Å². The quantitative estimate of drug-likeness (QED) is 0.524. The maximum Gasteiger partial charge on any atom is 0.391 e. The summed E-state index contributed by atoms with van der Waals surface area (Å²) >= 11 is 3.41. The van der Waals surface area contributed by atoms with Crippen molar-refractivity contribution < 1.29 is 22.7 Å². The van der Waals surface area contributed by atoms with Crippen LogP contribution >= 0.6 is 15.9 Å². The van der Waals surface area contributed by atoms with Crippen LogP contribution in [0.2, 0.25) is 0 Å². The standard InChI is InChI=1S/C17H20BrF3O2/c1-23-16(22)9-15-12(10-18)3-2-4-14(15)11-5-7-13(8-6-11)17(19,20)21/h2-4,11,13H,5-10H2,1H3. The predicted octanol–water partition coefficient (Wildman–Crippen LogP) is 5.13. The van der Waals surface area contributed by atoms with Gasteiger partial charge in [-0.1, -0.05) is 34.1 Å². The Hall–Kier alpha value is -1.04. The number of carbonyl (C=O) groups excluding carboxylic acids is 1. The van der Waals surface area contributed by atoms with E-state index in [2.05, 4.69) is 15.9 Å². The van der Waals surface area contributed by atoms with Gasteiger partial charge in [0.2, 0.25) is 0 Å². The molecule has 0 atom stereocenters. The third kappa shape index (κ3) is 4.49. The molecular formula is C17H20BrF3O2. The number of esters is 1. The van der Waals surface area contributed by atoms with Crippen LogP contribution in [-0.2, 0) is 21.3 Å². The molecule has 1 aliphatic carbocycles. The molecule has 0 unspecified atom stereocenters. The van der Waals surface area contributed by atoms with Crippen molar-refractivity contribution in [1.29, 1.82) is 0 Å². The summed E-state index contributed by atoms with van der Waals surface area (Å²) in [5.41, 5.74) is 2.88. The zero-order valence-electron chi connectivity index (χ0n) is 13.0. The molecule has 0 radical (unpaired) electrons. The number of methoxy groups -OCH3 is 1. The molecule has 0 bridgehead atoms. The SMILES string of the molecule is COC(=O)Cc1c(CBr)cccc1C1CCC(C(F)(F)F)CC1. The van der Waals surface area contributed by atoms with Crippen molar-refractivity contribution >= 4 is 21.9 Å². The molecule has 0 N–H and O–H groups in total. The molecule has 1 aromatic carbocycles. The van der Waals surface area contributed by atoms with Gasteiger partial charge in [-0.25, -0.2) is 0 Å². The molecule has 1 fully saturated rings. The maximum absolute atomic E-state index is 12.8. The van der Waals surface area contributed by atoms with E-state index in [0.29, 0.717) is 18.2 Å². The Morgan fingerprint density at radius 1 is 1.26 bits per heavy atom. The summed E-state index contributed by atoms with van der Waals surface area (Å²) in [4.78, 5) is 11.7. The van der Waals surface area contributed by atoms with Gasteiger partial charge in [0.1, 0.15) is 0 Å². The predicted molar refractivity (Wildman–Crippen MR) is 85.5 cm³/mol. The largest absolute Gasteiger partial charge is 0.469 e. The molecule has 0 amide bonds. The molecule has 23 heavy (non-hydrogen) atoms. The van der Waals surface area contributed by atoms with Gasteiger partial charge in [-0.2, -0.15) is 13.2 Å². The number of hydrogen-bond acceptors (Lipinski definition) is 2. The van der Waals surface area contributed by atoms with E-state index in [1.807, 2.05) is 18.2 Å². The summed E-state index contributed by atoms with van der Waals surface area (Å²) in [5.74, 6) is -1.45. The molecule has 0 aliphatic heterocycles. The number of halogens is 4. The van der Waals surface area contributed by atoms with Crippen LogP contribution in [0.15, 0.2) is 18.2 Å². The number of benzene rings is 1. The molecule has 128 valence electrons. The molecule has 2 nitrogen and oxygen atoms in total. The molecule has 6 heteroatoms. The average Bonchev–Trinajstić information content (AvgIpc) is 2.54. The van der Waals surface area contributed by atoms with E-state index < -0.39 is 12.1 Å². The van der Waals surface area contributed by atoms with Crippen LogP contribution in [0.25, 0.3) is 0 Å². The van der Waals surface area contributed by atoms with Gasteiger partial charge in [0.25, 0.3) is 0 Å². The van der Waals surface area contributed by atoms with Crippen LogP contribution < -0.4 is 0 Å². The van der Waals surface area contributed by atoms with Crippen molar-refractivity contribution in [2.75, 3.05) is 7.11 Å². The van der Waals surface area contributed by atoms with Gasteiger partial charge in [0.05, 0.1) is 19.4 Å². The lowest BCUT2D eigenvalue weighted by atomic mass is 9.76. The molecule has 0 aromatic heterocycles. The molecule has 0 spiro atoms. The molecule has 1 aliphatic rings. The second-order valence-corrected chi connectivity index (χ2v) is 6.52. The van der Waals surface area contributed by atoms with Crippen LogP contribution in [0, 0.1) is 5.92 Å². The number of carbonyl (C=O) groups is 1. The first-order valence-corrected chi connectivity index (χ1v) is 8.79. The first kappa shape index (κ1) is 18.3. The van der Waals surface area contributed by atoms with E-state index in [9.17, 15) is 18.0 Å². The Labute approximate surface area is 142 Å². The van der Waals surface area contributed by atoms with E-state index in [-0.39, 0.29) is 31.1 Å². The third-order valence-corrected chi connectivity index (χ3v) is 5.24. The van der Waals surface area contributed by atoms with Crippen molar-refractivity contribution in [1.82, 2.24) is 0 Å². The van der Waals surface area contributed by atoms with Crippen LogP contribution in [0.3, 0.4) is 0 Å². The summed E-state index contributed by atoms with van der Waals surface area (Å²) in [6, 6.07) is 5.77. The highest BCUT2D eigenvalue weighted by Gasteiger charge is 2.41. The van der Waals surface area contributed by atoms with Gasteiger partial charge in [-0.3, -0.25) is 4.79 Å². The normalized spacial score (nSPS) is 22.0. The number of hydrogen-bond donors (Lipinski definition) is 0. The van der Waals surface area contributed by atoms with Crippen molar-refractivity contribution in [3.8, 4) is 0 Å². The summed E-state index contributed by atoms with van der Waals surface area (Å²) in [7, 11) is 1.34. The first-order chi connectivity index (χ1) is 10.9. The highest BCUT2D eigenvalue weighted by atomic mass is 79.9. The Morgan fingerprint density at radius 3 is 2.43 bits per heavy atom. The fraction of sp³-hybridized carbons (Fsp3) is 0.588. The highest BCUT2D eigenvalue weighted by Crippen LogP contribution is 2.44. The lowest BCUT2D eigenvalue weighted by Crippen LogP contribution is -2.27. The van der Waals surface area contributed by atoms with E-state index in [1.54, 1.807) is 0 Å². The van der Waals surface area contributed by atoms with Gasteiger partial charge in [-0.05, 0) is 48.3 Å². The number of alkyl halides is 4. The molecule has 2 rings (SSSR count). The van der Waals surface area contributed by atoms with Gasteiger partial charge >= 0.3 is 12.1 Å². The Morgan fingerprint density at radius 2 is 1.91 bits per heavy atom. The van der Waals surface area contributed by atoms with Gasteiger partial charge in [-0.15, -0.1) is 0 Å². The average molecular weight is 393 g/mol.